The van der Waals surface area contributed by atoms with Gasteiger partial charge in [0.25, 0.3) is 5.91 Å². The first-order valence-electron chi connectivity index (χ1n) is 7.51. The van der Waals surface area contributed by atoms with Gasteiger partial charge in [-0.2, -0.15) is 0 Å². The fourth-order valence-electron chi connectivity index (χ4n) is 2.30. The van der Waals surface area contributed by atoms with E-state index in [2.05, 4.69) is 24.1 Å². The highest BCUT2D eigenvalue weighted by Crippen LogP contribution is 2.15. The molecule has 1 amide bonds. The number of hydrogen-bond donors (Lipinski definition) is 1. The van der Waals surface area contributed by atoms with Crippen LogP contribution in [0.4, 0.5) is 5.69 Å². The van der Waals surface area contributed by atoms with Crippen molar-refractivity contribution in [3.05, 3.63) is 64.7 Å². The van der Waals surface area contributed by atoms with Crippen molar-refractivity contribution in [2.45, 2.75) is 20.4 Å². The van der Waals surface area contributed by atoms with Gasteiger partial charge < -0.3 is 10.2 Å². The Morgan fingerprint density at radius 1 is 1.00 bits per heavy atom. The summed E-state index contributed by atoms with van der Waals surface area (Å²) in [5.41, 5.74) is 2.83. The van der Waals surface area contributed by atoms with E-state index in [1.165, 1.54) is 0 Å². The largest absolute Gasteiger partial charge is 0.372 e. The monoisotopic (exact) mass is 316 g/mol. The van der Waals surface area contributed by atoms with E-state index in [4.69, 9.17) is 11.6 Å². The number of carbonyl (C=O) groups is 1. The fraction of sp³-hybridized carbons (Fsp3) is 0.278. The van der Waals surface area contributed by atoms with Gasteiger partial charge in [-0.05, 0) is 55.8 Å². The molecule has 0 spiro atoms. The molecule has 0 aliphatic rings. The average molecular weight is 317 g/mol. The van der Waals surface area contributed by atoms with Gasteiger partial charge in [-0.3, -0.25) is 4.79 Å². The highest BCUT2D eigenvalue weighted by Gasteiger charge is 2.07. The van der Waals surface area contributed by atoms with E-state index in [1.807, 2.05) is 48.5 Å². The minimum Gasteiger partial charge on any atom is -0.372 e. The standard InChI is InChI=1S/C18H21ClN2O/c1-3-21(4-2)17-11-7-15(8-12-17)18(22)20-13-14-5-9-16(19)10-6-14/h5-12H,3-4,13H2,1-2H3,(H,20,22). The molecule has 2 rings (SSSR count). The van der Waals surface area contributed by atoms with Gasteiger partial charge in [-0.15, -0.1) is 0 Å². The Bertz CT molecular complexity index is 604. The zero-order chi connectivity index (χ0) is 15.9. The van der Waals surface area contributed by atoms with E-state index in [9.17, 15) is 4.79 Å². The molecule has 0 aliphatic carbocycles. The molecule has 0 bridgehead atoms. The Hall–Kier alpha value is -2.00. The number of nitrogens with one attached hydrogen (secondary N) is 1. The van der Waals surface area contributed by atoms with Gasteiger partial charge in [0.2, 0.25) is 0 Å². The van der Waals surface area contributed by atoms with Crippen LogP contribution >= 0.6 is 11.6 Å². The fourth-order valence-corrected chi connectivity index (χ4v) is 2.43. The number of anilines is 1. The highest BCUT2D eigenvalue weighted by molar-refractivity contribution is 6.30. The molecule has 4 heteroatoms. The van der Waals surface area contributed by atoms with Gasteiger partial charge in [-0.25, -0.2) is 0 Å². The number of carbonyl (C=O) groups excluding carboxylic acids is 1. The van der Waals surface area contributed by atoms with Crippen LogP contribution in [-0.4, -0.2) is 19.0 Å². The second-order valence-electron chi connectivity index (χ2n) is 5.03. The van der Waals surface area contributed by atoms with Crippen molar-refractivity contribution in [3.8, 4) is 0 Å². The van der Waals surface area contributed by atoms with Crippen LogP contribution in [0.2, 0.25) is 5.02 Å². The zero-order valence-electron chi connectivity index (χ0n) is 13.0. The molecule has 0 radical (unpaired) electrons. The summed E-state index contributed by atoms with van der Waals surface area (Å²) in [7, 11) is 0. The molecule has 0 unspecified atom stereocenters. The summed E-state index contributed by atoms with van der Waals surface area (Å²) in [5.74, 6) is -0.0685. The zero-order valence-corrected chi connectivity index (χ0v) is 13.7. The summed E-state index contributed by atoms with van der Waals surface area (Å²) in [6.07, 6.45) is 0. The summed E-state index contributed by atoms with van der Waals surface area (Å²) < 4.78 is 0. The summed E-state index contributed by atoms with van der Waals surface area (Å²) in [6.45, 7) is 6.65. The molecule has 3 nitrogen and oxygen atoms in total. The molecule has 0 aromatic heterocycles. The molecule has 0 aliphatic heterocycles. The van der Waals surface area contributed by atoms with E-state index in [0.717, 1.165) is 24.3 Å². The lowest BCUT2D eigenvalue weighted by Crippen LogP contribution is -2.24. The molecule has 116 valence electrons. The van der Waals surface area contributed by atoms with Gasteiger partial charge in [0.15, 0.2) is 0 Å². The van der Waals surface area contributed by atoms with Crippen LogP contribution in [0.1, 0.15) is 29.8 Å². The van der Waals surface area contributed by atoms with E-state index in [1.54, 1.807) is 0 Å². The number of halogens is 1. The van der Waals surface area contributed by atoms with Crippen molar-refractivity contribution < 1.29 is 4.79 Å². The average Bonchev–Trinajstić information content (AvgIpc) is 2.56. The maximum atomic E-state index is 12.2. The molecule has 1 N–H and O–H groups in total. The molecule has 22 heavy (non-hydrogen) atoms. The molecule has 2 aromatic carbocycles. The van der Waals surface area contributed by atoms with E-state index < -0.39 is 0 Å². The van der Waals surface area contributed by atoms with E-state index >= 15 is 0 Å². The predicted molar refractivity (Wildman–Crippen MR) is 92.6 cm³/mol. The number of nitrogens with zero attached hydrogens (tertiary/aromatic N) is 1. The summed E-state index contributed by atoms with van der Waals surface area (Å²) in [6, 6.07) is 15.2. The molecule has 2 aromatic rings. The first-order chi connectivity index (χ1) is 10.6. The molecule has 0 saturated carbocycles. The Labute approximate surface area is 136 Å². The minimum absolute atomic E-state index is 0.0685. The summed E-state index contributed by atoms with van der Waals surface area (Å²) in [5, 5.41) is 3.61. The van der Waals surface area contributed by atoms with Crippen molar-refractivity contribution in [2.24, 2.45) is 0 Å². The Balaban J connectivity index is 1.96. The Morgan fingerprint density at radius 2 is 1.59 bits per heavy atom. The van der Waals surface area contributed by atoms with E-state index in [0.29, 0.717) is 17.1 Å². The van der Waals surface area contributed by atoms with Gasteiger partial charge in [0.05, 0.1) is 0 Å². The molecule has 0 atom stereocenters. The van der Waals surface area contributed by atoms with Gasteiger partial charge in [-0.1, -0.05) is 23.7 Å². The maximum Gasteiger partial charge on any atom is 0.251 e. The van der Waals surface area contributed by atoms with Crippen molar-refractivity contribution in [3.63, 3.8) is 0 Å². The van der Waals surface area contributed by atoms with Gasteiger partial charge in [0, 0.05) is 35.9 Å². The number of rotatable bonds is 6. The lowest BCUT2D eigenvalue weighted by Gasteiger charge is -2.21. The highest BCUT2D eigenvalue weighted by atomic mass is 35.5. The normalized spacial score (nSPS) is 10.3. The molecule has 0 heterocycles. The Morgan fingerprint density at radius 3 is 2.14 bits per heavy atom. The summed E-state index contributed by atoms with van der Waals surface area (Å²) in [4.78, 5) is 14.4. The van der Waals surface area contributed by atoms with Crippen molar-refractivity contribution in [2.75, 3.05) is 18.0 Å². The maximum absolute atomic E-state index is 12.2. The van der Waals surface area contributed by atoms with Crippen LogP contribution in [-0.2, 0) is 6.54 Å². The number of benzene rings is 2. The molecule has 0 fully saturated rings. The predicted octanol–water partition coefficient (Wildman–Crippen LogP) is 4.12. The van der Waals surface area contributed by atoms with E-state index in [-0.39, 0.29) is 5.91 Å². The van der Waals surface area contributed by atoms with Crippen LogP contribution in [0.3, 0.4) is 0 Å². The van der Waals surface area contributed by atoms with Crippen LogP contribution in [0.15, 0.2) is 48.5 Å². The van der Waals surface area contributed by atoms with Crippen molar-refractivity contribution in [1.82, 2.24) is 5.32 Å². The summed E-state index contributed by atoms with van der Waals surface area (Å²) >= 11 is 5.84. The lowest BCUT2D eigenvalue weighted by molar-refractivity contribution is 0.0951. The van der Waals surface area contributed by atoms with Gasteiger partial charge >= 0.3 is 0 Å². The molecular formula is C18H21ClN2O. The van der Waals surface area contributed by atoms with Crippen LogP contribution in [0, 0.1) is 0 Å². The topological polar surface area (TPSA) is 32.3 Å². The third-order valence-corrected chi connectivity index (χ3v) is 3.88. The van der Waals surface area contributed by atoms with Crippen molar-refractivity contribution >= 4 is 23.2 Å². The van der Waals surface area contributed by atoms with Crippen LogP contribution in [0.5, 0.6) is 0 Å². The quantitative estimate of drug-likeness (QED) is 0.869. The number of hydrogen-bond acceptors (Lipinski definition) is 2. The lowest BCUT2D eigenvalue weighted by atomic mass is 10.1. The first-order valence-corrected chi connectivity index (χ1v) is 7.89. The number of amides is 1. The molecular weight excluding hydrogens is 296 g/mol. The minimum atomic E-state index is -0.0685. The third-order valence-electron chi connectivity index (χ3n) is 3.62. The SMILES string of the molecule is CCN(CC)c1ccc(C(=O)NCc2ccc(Cl)cc2)cc1. The first kappa shape index (κ1) is 16.4. The van der Waals surface area contributed by atoms with Crippen LogP contribution in [0.25, 0.3) is 0 Å². The second kappa shape index (κ2) is 7.85. The third kappa shape index (κ3) is 4.25. The Kier molecular flexibility index (Phi) is 5.84. The second-order valence-corrected chi connectivity index (χ2v) is 5.46. The van der Waals surface area contributed by atoms with Gasteiger partial charge in [0.1, 0.15) is 0 Å². The van der Waals surface area contributed by atoms with Crippen molar-refractivity contribution in [1.29, 1.82) is 0 Å². The van der Waals surface area contributed by atoms with Crippen LogP contribution < -0.4 is 10.2 Å². The molecule has 0 saturated heterocycles. The smallest absolute Gasteiger partial charge is 0.251 e.